The number of benzene rings is 2. The number of nitrogen functional groups attached to an aromatic ring is 1. The third-order valence-electron chi connectivity index (χ3n) is 3.14. The summed E-state index contributed by atoms with van der Waals surface area (Å²) >= 11 is 0. The van der Waals surface area contributed by atoms with Crippen molar-refractivity contribution in [3.63, 3.8) is 0 Å². The molecule has 2 aromatic carbocycles. The minimum Gasteiger partial charge on any atom is -0.397 e. The molecular formula is C16H15F3N2O. The summed E-state index contributed by atoms with van der Waals surface area (Å²) in [6.45, 7) is 0. The van der Waals surface area contributed by atoms with Crippen molar-refractivity contribution in [3.05, 3.63) is 59.7 Å². The molecule has 0 saturated heterocycles. The molecule has 0 unspecified atom stereocenters. The number of amides is 1. The third-order valence-corrected chi connectivity index (χ3v) is 3.14. The maximum Gasteiger partial charge on any atom is 0.416 e. The van der Waals surface area contributed by atoms with Crippen molar-refractivity contribution < 1.29 is 18.0 Å². The van der Waals surface area contributed by atoms with Crippen LogP contribution in [0.4, 0.5) is 24.5 Å². The summed E-state index contributed by atoms with van der Waals surface area (Å²) in [6, 6.07) is 12.3. The molecule has 0 aliphatic rings. The molecule has 6 heteroatoms. The highest BCUT2D eigenvalue weighted by Gasteiger charge is 2.30. The number of rotatable bonds is 4. The molecule has 0 heterocycles. The van der Waals surface area contributed by atoms with Crippen molar-refractivity contribution in [2.75, 3.05) is 11.1 Å². The zero-order chi connectivity index (χ0) is 16.2. The molecule has 22 heavy (non-hydrogen) atoms. The van der Waals surface area contributed by atoms with Crippen LogP contribution in [0.3, 0.4) is 0 Å². The van der Waals surface area contributed by atoms with E-state index < -0.39 is 11.7 Å². The second-order valence-corrected chi connectivity index (χ2v) is 4.83. The third kappa shape index (κ3) is 4.25. The van der Waals surface area contributed by atoms with Crippen LogP contribution in [0.5, 0.6) is 0 Å². The van der Waals surface area contributed by atoms with Gasteiger partial charge in [-0.05, 0) is 30.2 Å². The molecule has 2 aromatic rings. The van der Waals surface area contributed by atoms with Crippen LogP contribution < -0.4 is 11.1 Å². The smallest absolute Gasteiger partial charge is 0.397 e. The second kappa shape index (κ2) is 6.51. The fraction of sp³-hybridized carbons (Fsp3) is 0.188. The maximum atomic E-state index is 12.5. The highest BCUT2D eigenvalue weighted by atomic mass is 19.4. The summed E-state index contributed by atoms with van der Waals surface area (Å²) in [7, 11) is 0. The molecule has 0 radical (unpaired) electrons. The number of nitrogens with one attached hydrogen (secondary N) is 1. The van der Waals surface area contributed by atoms with Gasteiger partial charge in [0.15, 0.2) is 0 Å². The number of hydrogen-bond donors (Lipinski definition) is 2. The summed E-state index contributed by atoms with van der Waals surface area (Å²) in [5.41, 5.74) is 5.81. The van der Waals surface area contributed by atoms with E-state index in [9.17, 15) is 18.0 Å². The first-order valence-corrected chi connectivity index (χ1v) is 6.67. The molecular weight excluding hydrogens is 293 g/mol. The summed E-state index contributed by atoms with van der Waals surface area (Å²) in [6.07, 6.45) is -3.68. The highest BCUT2D eigenvalue weighted by molar-refractivity contribution is 5.94. The van der Waals surface area contributed by atoms with Crippen LogP contribution >= 0.6 is 0 Å². The Morgan fingerprint density at radius 2 is 1.77 bits per heavy atom. The van der Waals surface area contributed by atoms with Crippen molar-refractivity contribution in [1.82, 2.24) is 0 Å². The number of carbonyl (C=O) groups is 1. The zero-order valence-electron chi connectivity index (χ0n) is 11.7. The topological polar surface area (TPSA) is 55.1 Å². The number of halogens is 3. The van der Waals surface area contributed by atoms with Crippen LogP contribution in [0.2, 0.25) is 0 Å². The summed E-state index contributed by atoms with van der Waals surface area (Å²) in [4.78, 5) is 11.8. The molecule has 0 saturated carbocycles. The van der Waals surface area contributed by atoms with Crippen LogP contribution in [-0.4, -0.2) is 5.91 Å². The Morgan fingerprint density at radius 1 is 1.09 bits per heavy atom. The van der Waals surface area contributed by atoms with Crippen molar-refractivity contribution in [1.29, 1.82) is 0 Å². The lowest BCUT2D eigenvalue weighted by Crippen LogP contribution is -2.14. The number of aryl methyl sites for hydroxylation is 1. The minimum atomic E-state index is -4.45. The van der Waals surface area contributed by atoms with Gasteiger partial charge in [-0.2, -0.15) is 13.2 Å². The first kappa shape index (κ1) is 15.9. The highest BCUT2D eigenvalue weighted by Crippen LogP contribution is 2.32. The number of nitrogens with two attached hydrogens (primary N) is 1. The van der Waals surface area contributed by atoms with E-state index in [1.807, 2.05) is 30.3 Å². The van der Waals surface area contributed by atoms with Crippen LogP contribution in [0.1, 0.15) is 17.5 Å². The second-order valence-electron chi connectivity index (χ2n) is 4.83. The molecule has 3 nitrogen and oxygen atoms in total. The first-order chi connectivity index (χ1) is 10.4. The number of anilines is 2. The van der Waals surface area contributed by atoms with Gasteiger partial charge in [-0.1, -0.05) is 30.3 Å². The lowest BCUT2D eigenvalue weighted by Gasteiger charge is -2.12. The minimum absolute atomic E-state index is 0.108. The van der Waals surface area contributed by atoms with E-state index in [1.54, 1.807) is 0 Å². The van der Waals surface area contributed by atoms with E-state index >= 15 is 0 Å². The molecule has 0 aromatic heterocycles. The quantitative estimate of drug-likeness (QED) is 0.843. The van der Waals surface area contributed by atoms with E-state index in [0.29, 0.717) is 6.42 Å². The van der Waals surface area contributed by atoms with Gasteiger partial charge in [0.25, 0.3) is 0 Å². The van der Waals surface area contributed by atoms with Crippen LogP contribution in [0.25, 0.3) is 0 Å². The number of hydrogen-bond acceptors (Lipinski definition) is 2. The standard InChI is InChI=1S/C16H15F3N2O/c17-16(18,19)12-7-8-14(13(20)10-12)21-15(22)9-6-11-4-2-1-3-5-11/h1-5,7-8,10H,6,9,20H2,(H,21,22). The largest absolute Gasteiger partial charge is 0.416 e. The predicted molar refractivity (Wildman–Crippen MR) is 79.2 cm³/mol. The van der Waals surface area contributed by atoms with Crippen molar-refractivity contribution in [3.8, 4) is 0 Å². The SMILES string of the molecule is Nc1cc(C(F)(F)F)ccc1NC(=O)CCc1ccccc1. The molecule has 3 N–H and O–H groups in total. The van der Waals surface area contributed by atoms with Crippen molar-refractivity contribution in [2.45, 2.75) is 19.0 Å². The van der Waals surface area contributed by atoms with E-state index in [4.69, 9.17) is 5.73 Å². The fourth-order valence-corrected chi connectivity index (χ4v) is 1.97. The van der Waals surface area contributed by atoms with Crippen molar-refractivity contribution >= 4 is 17.3 Å². The monoisotopic (exact) mass is 308 g/mol. The van der Waals surface area contributed by atoms with Gasteiger partial charge in [0.05, 0.1) is 16.9 Å². The summed E-state index contributed by atoms with van der Waals surface area (Å²) in [5.74, 6) is -0.296. The fourth-order valence-electron chi connectivity index (χ4n) is 1.97. The van der Waals surface area contributed by atoms with Gasteiger partial charge in [0.1, 0.15) is 0 Å². The Bertz CT molecular complexity index is 654. The van der Waals surface area contributed by atoms with Gasteiger partial charge in [-0.25, -0.2) is 0 Å². The van der Waals surface area contributed by atoms with E-state index in [2.05, 4.69) is 5.32 Å². The van der Waals surface area contributed by atoms with Gasteiger partial charge in [-0.3, -0.25) is 4.79 Å². The molecule has 2 rings (SSSR count). The van der Waals surface area contributed by atoms with Crippen molar-refractivity contribution in [2.24, 2.45) is 0 Å². The molecule has 0 bridgehead atoms. The Morgan fingerprint density at radius 3 is 2.36 bits per heavy atom. The zero-order valence-corrected chi connectivity index (χ0v) is 11.7. The van der Waals surface area contributed by atoms with Gasteiger partial charge >= 0.3 is 6.18 Å². The normalized spacial score (nSPS) is 11.2. The van der Waals surface area contributed by atoms with Crippen LogP contribution in [0.15, 0.2) is 48.5 Å². The summed E-state index contributed by atoms with van der Waals surface area (Å²) in [5, 5.41) is 2.53. The Hall–Kier alpha value is -2.50. The molecule has 0 fully saturated rings. The van der Waals surface area contributed by atoms with Crippen LogP contribution in [0, 0.1) is 0 Å². The number of alkyl halides is 3. The first-order valence-electron chi connectivity index (χ1n) is 6.67. The molecule has 0 atom stereocenters. The number of carbonyl (C=O) groups excluding carboxylic acids is 1. The lowest BCUT2D eigenvalue weighted by molar-refractivity contribution is -0.137. The van der Waals surface area contributed by atoms with E-state index in [-0.39, 0.29) is 23.7 Å². The molecule has 0 aliphatic carbocycles. The summed E-state index contributed by atoms with van der Waals surface area (Å²) < 4.78 is 37.6. The average molecular weight is 308 g/mol. The predicted octanol–water partition coefficient (Wildman–Crippen LogP) is 3.86. The van der Waals surface area contributed by atoms with Gasteiger partial charge in [-0.15, -0.1) is 0 Å². The van der Waals surface area contributed by atoms with E-state index in [0.717, 1.165) is 17.7 Å². The molecule has 1 amide bonds. The Balaban J connectivity index is 1.97. The van der Waals surface area contributed by atoms with Crippen LogP contribution in [-0.2, 0) is 17.4 Å². The molecule has 0 spiro atoms. The van der Waals surface area contributed by atoms with Gasteiger partial charge in [0, 0.05) is 6.42 Å². The van der Waals surface area contributed by atoms with E-state index in [1.165, 1.54) is 6.07 Å². The Kier molecular flexibility index (Phi) is 4.70. The maximum absolute atomic E-state index is 12.5. The van der Waals surface area contributed by atoms with Gasteiger partial charge < -0.3 is 11.1 Å². The molecule has 116 valence electrons. The van der Waals surface area contributed by atoms with Gasteiger partial charge in [0.2, 0.25) is 5.91 Å². The molecule has 0 aliphatic heterocycles. The lowest BCUT2D eigenvalue weighted by atomic mass is 10.1. The average Bonchev–Trinajstić information content (AvgIpc) is 2.47. The Labute approximate surface area is 125 Å².